The molecule has 0 rings (SSSR count). The van der Waals surface area contributed by atoms with Gasteiger partial charge in [0.25, 0.3) is 0 Å². The lowest BCUT2D eigenvalue weighted by Crippen LogP contribution is -2.09. The Morgan fingerprint density at radius 2 is 2.09 bits per heavy atom. The molecule has 62 valence electrons. The van der Waals surface area contributed by atoms with Gasteiger partial charge in [-0.2, -0.15) is 0 Å². The quantitative estimate of drug-likeness (QED) is 0.596. The zero-order chi connectivity index (χ0) is 8.69. The van der Waals surface area contributed by atoms with Crippen molar-refractivity contribution in [2.45, 2.75) is 26.7 Å². The van der Waals surface area contributed by atoms with Gasteiger partial charge in [0.2, 0.25) is 0 Å². The van der Waals surface area contributed by atoms with Crippen molar-refractivity contribution in [1.29, 1.82) is 0 Å². The Hall–Kier alpha value is -0.980. The maximum absolute atomic E-state index is 3.77. The van der Waals surface area contributed by atoms with Crippen molar-refractivity contribution in [3.63, 3.8) is 0 Å². The lowest BCUT2D eigenvalue weighted by molar-refractivity contribution is 0.899. The van der Waals surface area contributed by atoms with Gasteiger partial charge in [0.05, 0.1) is 0 Å². The van der Waals surface area contributed by atoms with E-state index in [0.717, 1.165) is 18.5 Å². The Morgan fingerprint density at radius 3 is 2.45 bits per heavy atom. The summed E-state index contributed by atoms with van der Waals surface area (Å²) in [5.74, 6) is 0. The van der Waals surface area contributed by atoms with Crippen LogP contribution in [-0.2, 0) is 0 Å². The molecule has 0 radical (unpaired) electrons. The Bertz CT molecular complexity index is 166. The molecule has 0 aromatic heterocycles. The van der Waals surface area contributed by atoms with Crippen molar-refractivity contribution in [1.82, 2.24) is 5.32 Å². The second-order valence-corrected chi connectivity index (χ2v) is 2.35. The maximum Gasteiger partial charge on any atom is 0.0302 e. The SMILES string of the molecule is C=CC(=C)N/C(=C/CC)CC. The molecule has 0 aliphatic rings. The summed E-state index contributed by atoms with van der Waals surface area (Å²) in [4.78, 5) is 0. The topological polar surface area (TPSA) is 12.0 Å². The minimum absolute atomic E-state index is 0.867. The average Bonchev–Trinajstić information content (AvgIpc) is 2.03. The molecule has 0 unspecified atom stereocenters. The van der Waals surface area contributed by atoms with E-state index < -0.39 is 0 Å². The van der Waals surface area contributed by atoms with E-state index in [1.165, 1.54) is 5.70 Å². The largest absolute Gasteiger partial charge is 0.360 e. The number of allylic oxidation sites excluding steroid dienone is 3. The van der Waals surface area contributed by atoms with Gasteiger partial charge in [0, 0.05) is 11.4 Å². The highest BCUT2D eigenvalue weighted by molar-refractivity contribution is 5.16. The van der Waals surface area contributed by atoms with Crippen LogP contribution in [0.2, 0.25) is 0 Å². The van der Waals surface area contributed by atoms with E-state index in [1.54, 1.807) is 6.08 Å². The first kappa shape index (κ1) is 10.0. The molecule has 0 saturated carbocycles. The van der Waals surface area contributed by atoms with Crippen LogP contribution in [0.3, 0.4) is 0 Å². The Labute approximate surface area is 69.5 Å². The smallest absolute Gasteiger partial charge is 0.0302 e. The summed E-state index contributed by atoms with van der Waals surface area (Å²) in [6, 6.07) is 0. The van der Waals surface area contributed by atoms with Gasteiger partial charge in [0.15, 0.2) is 0 Å². The lowest BCUT2D eigenvalue weighted by atomic mass is 10.2. The van der Waals surface area contributed by atoms with Gasteiger partial charge in [-0.1, -0.05) is 33.1 Å². The molecule has 0 aliphatic carbocycles. The van der Waals surface area contributed by atoms with Gasteiger partial charge in [-0.25, -0.2) is 0 Å². The lowest BCUT2D eigenvalue weighted by Gasteiger charge is -2.07. The molecule has 0 amide bonds. The van der Waals surface area contributed by atoms with E-state index in [9.17, 15) is 0 Å². The van der Waals surface area contributed by atoms with Crippen LogP contribution in [0.1, 0.15) is 26.7 Å². The van der Waals surface area contributed by atoms with Gasteiger partial charge >= 0.3 is 0 Å². The molecular weight excluding hydrogens is 134 g/mol. The van der Waals surface area contributed by atoms with E-state index in [-0.39, 0.29) is 0 Å². The molecule has 0 bridgehead atoms. The van der Waals surface area contributed by atoms with Crippen LogP contribution in [0.5, 0.6) is 0 Å². The molecular formula is C10H17N. The summed E-state index contributed by atoms with van der Waals surface area (Å²) in [5, 5.41) is 3.17. The predicted octanol–water partition coefficient (Wildman–Crippen LogP) is 2.98. The zero-order valence-electron chi connectivity index (χ0n) is 7.48. The van der Waals surface area contributed by atoms with Crippen LogP contribution < -0.4 is 5.32 Å². The third kappa shape index (κ3) is 4.43. The van der Waals surface area contributed by atoms with Gasteiger partial charge < -0.3 is 5.32 Å². The van der Waals surface area contributed by atoms with Crippen molar-refractivity contribution in [3.05, 3.63) is 36.7 Å². The molecule has 0 atom stereocenters. The van der Waals surface area contributed by atoms with Crippen molar-refractivity contribution < 1.29 is 0 Å². The second kappa shape index (κ2) is 5.78. The molecule has 0 aliphatic heterocycles. The fraction of sp³-hybridized carbons (Fsp3) is 0.400. The summed E-state index contributed by atoms with van der Waals surface area (Å²) in [7, 11) is 0. The molecule has 0 heterocycles. The highest BCUT2D eigenvalue weighted by Crippen LogP contribution is 2.00. The highest BCUT2D eigenvalue weighted by atomic mass is 14.9. The standard InChI is InChI=1S/C10H17N/c1-5-8-10(7-3)11-9(4)6-2/h6,8,11H,2,4-5,7H2,1,3H3/b10-8+. The van der Waals surface area contributed by atoms with Crippen LogP contribution in [0.4, 0.5) is 0 Å². The first-order valence-electron chi connectivity index (χ1n) is 4.02. The van der Waals surface area contributed by atoms with Gasteiger partial charge in [-0.05, 0) is 18.9 Å². The summed E-state index contributed by atoms with van der Waals surface area (Å²) in [5.41, 5.74) is 2.09. The first-order chi connectivity index (χ1) is 5.24. The van der Waals surface area contributed by atoms with Crippen LogP contribution in [0.25, 0.3) is 0 Å². The molecule has 1 N–H and O–H groups in total. The van der Waals surface area contributed by atoms with Crippen molar-refractivity contribution in [3.8, 4) is 0 Å². The van der Waals surface area contributed by atoms with Gasteiger partial charge in [-0.15, -0.1) is 0 Å². The molecule has 1 nitrogen and oxygen atoms in total. The Morgan fingerprint density at radius 1 is 1.45 bits per heavy atom. The average molecular weight is 151 g/mol. The monoisotopic (exact) mass is 151 g/mol. The number of hydrogen-bond acceptors (Lipinski definition) is 1. The minimum Gasteiger partial charge on any atom is -0.360 e. The van der Waals surface area contributed by atoms with Crippen LogP contribution in [0.15, 0.2) is 36.7 Å². The van der Waals surface area contributed by atoms with Crippen LogP contribution in [0, 0.1) is 0 Å². The maximum atomic E-state index is 3.77. The van der Waals surface area contributed by atoms with E-state index in [1.807, 2.05) is 0 Å². The summed E-state index contributed by atoms with van der Waals surface area (Å²) < 4.78 is 0. The second-order valence-electron chi connectivity index (χ2n) is 2.35. The summed E-state index contributed by atoms with van der Waals surface area (Å²) in [6.45, 7) is 11.6. The Balaban J connectivity index is 3.97. The molecule has 0 fully saturated rings. The first-order valence-corrected chi connectivity index (χ1v) is 4.02. The molecule has 0 saturated heterocycles. The van der Waals surface area contributed by atoms with Crippen LogP contribution >= 0.6 is 0 Å². The number of nitrogens with one attached hydrogen (secondary N) is 1. The van der Waals surface area contributed by atoms with Crippen LogP contribution in [-0.4, -0.2) is 0 Å². The fourth-order valence-electron chi connectivity index (χ4n) is 0.787. The third-order valence-corrected chi connectivity index (χ3v) is 1.40. The molecule has 0 aromatic rings. The van der Waals surface area contributed by atoms with Gasteiger partial charge in [0.1, 0.15) is 0 Å². The van der Waals surface area contributed by atoms with E-state index >= 15 is 0 Å². The minimum atomic E-state index is 0.867. The van der Waals surface area contributed by atoms with Crippen molar-refractivity contribution >= 4 is 0 Å². The fourth-order valence-corrected chi connectivity index (χ4v) is 0.787. The number of rotatable bonds is 5. The Kier molecular flexibility index (Phi) is 5.26. The summed E-state index contributed by atoms with van der Waals surface area (Å²) in [6.07, 6.45) is 5.95. The highest BCUT2D eigenvalue weighted by Gasteiger charge is 1.90. The van der Waals surface area contributed by atoms with E-state index in [0.29, 0.717) is 0 Å². The number of hydrogen-bond donors (Lipinski definition) is 1. The normalized spacial score (nSPS) is 10.9. The molecule has 11 heavy (non-hydrogen) atoms. The molecule has 0 spiro atoms. The van der Waals surface area contributed by atoms with Crippen molar-refractivity contribution in [2.75, 3.05) is 0 Å². The summed E-state index contributed by atoms with van der Waals surface area (Å²) >= 11 is 0. The molecule has 1 heteroatoms. The van der Waals surface area contributed by atoms with Gasteiger partial charge in [-0.3, -0.25) is 0 Å². The predicted molar refractivity (Wildman–Crippen MR) is 51.1 cm³/mol. The van der Waals surface area contributed by atoms with E-state index in [2.05, 4.69) is 38.4 Å². The molecule has 0 aromatic carbocycles. The third-order valence-electron chi connectivity index (χ3n) is 1.40. The zero-order valence-corrected chi connectivity index (χ0v) is 7.48. The van der Waals surface area contributed by atoms with E-state index in [4.69, 9.17) is 0 Å². The van der Waals surface area contributed by atoms with Crippen molar-refractivity contribution in [2.24, 2.45) is 0 Å².